The molecule has 6 aliphatic rings. The predicted octanol–water partition coefficient (Wildman–Crippen LogP) is 16.8. The van der Waals surface area contributed by atoms with Crippen LogP contribution in [0.25, 0.3) is 88.4 Å². The Morgan fingerprint density at radius 1 is 0.449 bits per heavy atom. The highest BCUT2D eigenvalue weighted by atomic mass is 16.6. The SMILES string of the molecule is CCC(C)C(NC(=O)OC)C(=O)O.CC[C@H](C)C(NC(=O)OC)C(=O)N1C[C@@H](COC)C[C@H]1c1nc2c(ccc3cc4c(cc32)OCc2cc(-c3cnc(C5C[C@H](C)CN5C(=O)[C@@H](NC(=O)OC)[C@@H](C)CC)[nH]3)ccc2-4)[nH]1.CC[C@H](C)[C@H](NC(=O)OC)C(=O)N1C[C@@H](C)CC1c1ncc(-c2ccc3c(c2)COc2cc4c(ccc5[nH]c([C@@H]6C[C@H](COC)CN6C(=O)OC(C)(C)C)nc54)cc2-3)[nH]1. The molecule has 10 heterocycles. The minimum atomic E-state index is -1.04. The van der Waals surface area contributed by atoms with Crippen LogP contribution in [-0.2, 0) is 65.5 Å². The number of aliphatic carboxylic acids is 1. The van der Waals surface area contributed by atoms with E-state index >= 15 is 0 Å². The van der Waals surface area contributed by atoms with E-state index < -0.39 is 60.1 Å². The number of benzene rings is 6. The lowest BCUT2D eigenvalue weighted by Gasteiger charge is -2.30. The van der Waals surface area contributed by atoms with E-state index in [-0.39, 0.29) is 95.3 Å². The molecule has 4 fully saturated rings. The van der Waals surface area contributed by atoms with Gasteiger partial charge in [0.25, 0.3) is 0 Å². The molecule has 0 saturated carbocycles. The van der Waals surface area contributed by atoms with Crippen LogP contribution in [0, 0.1) is 47.3 Å². The summed E-state index contributed by atoms with van der Waals surface area (Å²) >= 11 is 0. The number of carbonyl (C=O) groups is 9. The van der Waals surface area contributed by atoms with Gasteiger partial charge >= 0.3 is 36.4 Å². The topological polar surface area (TPSA) is 433 Å². The molecule has 4 saturated heterocycles. The lowest BCUT2D eigenvalue weighted by molar-refractivity contribution is -0.141. The Bertz CT molecular complexity index is 6060. The van der Waals surface area contributed by atoms with Crippen LogP contribution in [0.5, 0.6) is 11.5 Å². The molecule has 6 aromatic carbocycles. The van der Waals surface area contributed by atoms with Gasteiger partial charge in [-0.3, -0.25) is 19.3 Å². The molecule has 728 valence electrons. The van der Waals surface area contributed by atoms with Crippen molar-refractivity contribution >= 4 is 97.8 Å². The predicted molar refractivity (Wildman–Crippen MR) is 511 cm³/mol. The number of carboxylic acids is 1. The maximum absolute atomic E-state index is 14.2. The quantitative estimate of drug-likeness (QED) is 0.0227. The molecule has 9 N–H and O–H groups in total. The lowest BCUT2D eigenvalue weighted by Crippen LogP contribution is -2.51. The van der Waals surface area contributed by atoms with Crippen molar-refractivity contribution in [1.29, 1.82) is 0 Å². The largest absolute Gasteiger partial charge is 0.488 e. The van der Waals surface area contributed by atoms with Crippen molar-refractivity contribution in [2.45, 2.75) is 209 Å². The first-order valence-corrected chi connectivity index (χ1v) is 47.2. The zero-order chi connectivity index (χ0) is 97.6. The zero-order valence-corrected chi connectivity index (χ0v) is 81.2. The van der Waals surface area contributed by atoms with E-state index in [1.54, 1.807) is 26.0 Å². The van der Waals surface area contributed by atoms with Gasteiger partial charge in [-0.05, 0) is 175 Å². The van der Waals surface area contributed by atoms with Crippen molar-refractivity contribution in [1.82, 2.24) is 80.7 Å². The van der Waals surface area contributed by atoms with Crippen LogP contribution in [-0.4, -0.2) is 231 Å². The number of imidazole rings is 4. The summed E-state index contributed by atoms with van der Waals surface area (Å²) in [5.74, 6) is 3.32. The molecule has 4 aromatic heterocycles. The van der Waals surface area contributed by atoms with Gasteiger partial charge in [0.1, 0.15) is 77.8 Å². The number of fused-ring (bicyclic) bond motifs is 12. The number of rotatable bonds is 26. The zero-order valence-electron chi connectivity index (χ0n) is 81.2. The highest BCUT2D eigenvalue weighted by Gasteiger charge is 2.47. The number of carbonyl (C=O) groups excluding carboxylic acids is 8. The summed E-state index contributed by atoms with van der Waals surface area (Å²) in [6, 6.07) is 25.2. The van der Waals surface area contributed by atoms with Crippen molar-refractivity contribution in [3.63, 3.8) is 0 Å². The average Bonchev–Trinajstić information content (AvgIpc) is 1.45. The molecular weight excluding hydrogens is 1740 g/mol. The van der Waals surface area contributed by atoms with Crippen molar-refractivity contribution in [2.75, 3.05) is 82.1 Å². The third-order valence-electron chi connectivity index (χ3n) is 27.6. The summed E-state index contributed by atoms with van der Waals surface area (Å²) in [6.07, 6.45) is 6.41. The van der Waals surface area contributed by atoms with Crippen molar-refractivity contribution in [2.24, 2.45) is 47.3 Å². The number of aromatic nitrogens is 8. The van der Waals surface area contributed by atoms with Gasteiger partial charge in [0.05, 0.1) is 112 Å². The van der Waals surface area contributed by atoms with Crippen LogP contribution in [0.3, 0.4) is 0 Å². The van der Waals surface area contributed by atoms with E-state index in [1.165, 1.54) is 28.4 Å². The second-order valence-electron chi connectivity index (χ2n) is 38.3. The Labute approximate surface area is 791 Å². The van der Waals surface area contributed by atoms with Gasteiger partial charge in [-0.25, -0.2) is 48.7 Å². The van der Waals surface area contributed by atoms with Crippen LogP contribution >= 0.6 is 0 Å². The molecule has 6 aliphatic heterocycles. The van der Waals surface area contributed by atoms with Gasteiger partial charge < -0.3 is 104 Å². The number of ether oxygens (including phenoxy) is 9. The van der Waals surface area contributed by atoms with E-state index in [1.807, 2.05) is 108 Å². The molecule has 35 nitrogen and oxygen atoms in total. The number of methoxy groups -OCH3 is 6. The summed E-state index contributed by atoms with van der Waals surface area (Å²) in [7, 11) is 8.45. The van der Waals surface area contributed by atoms with Crippen LogP contribution in [0.15, 0.2) is 97.3 Å². The molecule has 10 aromatic rings. The standard InChI is InChI=1S/C48H60N8O8.C45H55N7O7.C8H15NO4/c1-9-26(4)40(53-47(59)62-7)45(57)55-21-25(3)15-37(55)43-49-20-36(51-43)30-11-13-32-31(17-30)24-64-39-19-33-29(18-34(32)39)12-14-35-42(33)52-44(50-35)38-16-28(23-61-6)22-56(38)46(58)41(27(5)10-2)54-48(60)63-8;1-9-25(3)38(50-43(54)57-8)42(53)51-20-24(2)14-35(51)40-46-19-34(48-40)28-10-12-30-29(16-28)23-58-37-18-31-27(17-32(30)37)11-13-33-39(31)49-41(47-33)36-15-26(22-56-7)21-52(36)44(55)59-45(4,5)6;1-4-5(2)6(7(10)11)9-8(12)13-3/h11-14,17-20,25-28,37-38,40-41H,9-10,15-16,21-24H2,1-8H3,(H,49,51)(H,50,52)(H,53,59)(H,54,60);10-13,16-19,24-26,35-36,38H,9,14-15,20-23H2,1-8H3,(H,46,48)(H,47,49)(H,50,54);5-6H,4H2,1-3H3,(H,9,12)(H,10,11)/t25-,26-,27-,28-,37?,38-,40-,41?;24-,25-,26-,35?,36-,38-;/m00./s1. The van der Waals surface area contributed by atoms with Gasteiger partial charge in [-0.15, -0.1) is 0 Å². The summed E-state index contributed by atoms with van der Waals surface area (Å²) in [4.78, 5) is 155. The smallest absolute Gasteiger partial charge is 0.410 e. The first-order chi connectivity index (χ1) is 65.1. The number of hydrogen-bond donors (Lipinski definition) is 9. The van der Waals surface area contributed by atoms with Crippen molar-refractivity contribution < 1.29 is 90.9 Å². The van der Waals surface area contributed by atoms with E-state index in [4.69, 9.17) is 62.9 Å². The van der Waals surface area contributed by atoms with Gasteiger partial charge in [0.15, 0.2) is 0 Å². The number of amides is 8. The van der Waals surface area contributed by atoms with Crippen LogP contribution in [0.2, 0.25) is 0 Å². The number of alkyl carbamates (subject to hydrolysis) is 4. The van der Waals surface area contributed by atoms with Crippen LogP contribution in [0.1, 0.15) is 200 Å². The monoisotopic (exact) mass is 1870 g/mol. The number of likely N-dealkylation sites (tertiary alicyclic amines) is 4. The second-order valence-corrected chi connectivity index (χ2v) is 38.3. The normalized spacial score (nSPS) is 20.5. The highest BCUT2D eigenvalue weighted by molar-refractivity contribution is 6.08. The molecule has 0 bridgehead atoms. The number of hydrogen-bond acceptors (Lipinski definition) is 22. The van der Waals surface area contributed by atoms with E-state index in [9.17, 15) is 43.2 Å². The maximum Gasteiger partial charge on any atom is 0.410 e. The molecule has 136 heavy (non-hydrogen) atoms. The Morgan fingerprint density at radius 3 is 1.18 bits per heavy atom. The number of nitrogens with zero attached hydrogens (tertiary/aromatic N) is 8. The fourth-order valence-corrected chi connectivity index (χ4v) is 19.5. The minimum absolute atomic E-state index is 0.0690. The molecule has 0 spiro atoms. The Kier molecular flexibility index (Phi) is 30.9. The van der Waals surface area contributed by atoms with E-state index in [0.717, 1.165) is 155 Å². The summed E-state index contributed by atoms with van der Waals surface area (Å²) in [5, 5.41) is 23.3. The Morgan fingerprint density at radius 2 is 0.809 bits per heavy atom. The molecule has 0 aliphatic carbocycles. The number of aromatic amines is 4. The highest BCUT2D eigenvalue weighted by Crippen LogP contribution is 2.48. The molecule has 5 unspecified atom stereocenters. The molecule has 0 radical (unpaired) electrons. The molecule has 16 rings (SSSR count). The van der Waals surface area contributed by atoms with Gasteiger partial charge in [-0.1, -0.05) is 131 Å². The van der Waals surface area contributed by atoms with E-state index in [0.29, 0.717) is 83.5 Å². The molecule has 8 amide bonds. The fraction of sp³-hybridized carbons (Fsp3) is 0.515. The summed E-state index contributed by atoms with van der Waals surface area (Å²) in [6.45, 7) is 29.3. The van der Waals surface area contributed by atoms with E-state index in [2.05, 4.69) is 133 Å². The molecular formula is C101H130N16O19. The number of nitrogens with one attached hydrogen (secondary N) is 8. The molecule has 35 heteroatoms. The summed E-state index contributed by atoms with van der Waals surface area (Å²) in [5.41, 5.74) is 12.6. The van der Waals surface area contributed by atoms with Gasteiger partial charge in [-0.2, -0.15) is 0 Å². The van der Waals surface area contributed by atoms with Crippen molar-refractivity contribution in [3.8, 4) is 56.3 Å². The maximum atomic E-state index is 14.2. The second kappa shape index (κ2) is 42.5. The first kappa shape index (κ1) is 98.9. The minimum Gasteiger partial charge on any atom is -0.488 e. The average molecular weight is 1870 g/mol. The molecule has 16 atom stereocenters. The third-order valence-corrected chi connectivity index (χ3v) is 27.6. The first-order valence-electron chi connectivity index (χ1n) is 47.2. The fourth-order valence-electron chi connectivity index (χ4n) is 19.5. The third kappa shape index (κ3) is 21.3. The van der Waals surface area contributed by atoms with Crippen LogP contribution in [0.4, 0.5) is 24.0 Å². The summed E-state index contributed by atoms with van der Waals surface area (Å²) < 4.78 is 48.6. The number of carboxylic acid groups (broad SMARTS) is 1. The van der Waals surface area contributed by atoms with Gasteiger partial charge in [0.2, 0.25) is 17.7 Å². The Hall–Kier alpha value is -13.1. The Balaban J connectivity index is 0.000000193. The lowest BCUT2D eigenvalue weighted by atomic mass is 9.92. The van der Waals surface area contributed by atoms with Crippen molar-refractivity contribution in [3.05, 3.63) is 132 Å². The van der Waals surface area contributed by atoms with Gasteiger partial charge in [0, 0.05) is 74.1 Å². The number of H-pyrrole nitrogens is 4. The van der Waals surface area contributed by atoms with Crippen LogP contribution < -0.4 is 30.7 Å².